The molecule has 12 heteroatoms. The number of likely N-dealkylation sites (tertiary alicyclic amines) is 1. The van der Waals surface area contributed by atoms with E-state index in [1.165, 1.54) is 17.2 Å². The Kier molecular flexibility index (Phi) is 10.7. The molecule has 4 N–H and O–H groups in total. The maximum atomic E-state index is 13.4. The van der Waals surface area contributed by atoms with Crippen molar-refractivity contribution < 1.29 is 19.7 Å². The molecule has 252 valence electrons. The summed E-state index contributed by atoms with van der Waals surface area (Å²) in [5, 5.41) is 27.1. The van der Waals surface area contributed by atoms with Crippen LogP contribution in [0.2, 0.25) is 0 Å². The third kappa shape index (κ3) is 7.79. The number of nitrogens with one attached hydrogen (secondary N) is 2. The van der Waals surface area contributed by atoms with Gasteiger partial charge in [0.1, 0.15) is 17.0 Å². The number of H-pyrrole nitrogens is 1. The van der Waals surface area contributed by atoms with Gasteiger partial charge in [-0.15, -0.1) is 11.3 Å². The summed E-state index contributed by atoms with van der Waals surface area (Å²) in [5.41, 5.74) is 3.79. The Labute approximate surface area is 283 Å². The lowest BCUT2D eigenvalue weighted by Gasteiger charge is -2.47. The Morgan fingerprint density at radius 2 is 1.94 bits per heavy atom. The van der Waals surface area contributed by atoms with Gasteiger partial charge in [0.15, 0.2) is 0 Å². The zero-order valence-electron chi connectivity index (χ0n) is 27.2. The number of aromatic hydroxyl groups is 1. The van der Waals surface area contributed by atoms with E-state index < -0.39 is 6.10 Å². The number of carbonyl (C=O) groups excluding carboxylic acids is 1. The summed E-state index contributed by atoms with van der Waals surface area (Å²) in [6.07, 6.45) is 3.89. The van der Waals surface area contributed by atoms with E-state index in [9.17, 15) is 19.8 Å². The first kappa shape index (κ1) is 33.8. The van der Waals surface area contributed by atoms with Crippen molar-refractivity contribution in [3.8, 4) is 5.75 Å². The number of hydrogen-bond donors (Lipinski definition) is 4. The van der Waals surface area contributed by atoms with Gasteiger partial charge in [0.2, 0.25) is 0 Å². The number of thiazole rings is 2. The number of phenols is 1. The highest BCUT2D eigenvalue weighted by Gasteiger charge is 2.41. The second kappa shape index (κ2) is 15.0. The van der Waals surface area contributed by atoms with Crippen LogP contribution >= 0.6 is 22.7 Å². The minimum absolute atomic E-state index is 0.00467. The molecule has 10 nitrogen and oxygen atoms in total. The molecule has 1 amide bonds. The second-order valence-corrected chi connectivity index (χ2v) is 14.7. The van der Waals surface area contributed by atoms with Crippen molar-refractivity contribution in [2.75, 3.05) is 45.9 Å². The molecule has 1 spiro atoms. The van der Waals surface area contributed by atoms with E-state index in [0.717, 1.165) is 68.1 Å². The van der Waals surface area contributed by atoms with Crippen LogP contribution < -0.4 is 10.2 Å². The number of morpholine rings is 1. The van der Waals surface area contributed by atoms with Crippen LogP contribution in [0.5, 0.6) is 5.75 Å². The van der Waals surface area contributed by atoms with Crippen molar-refractivity contribution in [2.45, 2.75) is 70.1 Å². The predicted molar refractivity (Wildman–Crippen MR) is 187 cm³/mol. The molecule has 2 aliphatic heterocycles. The average Bonchev–Trinajstić information content (AvgIpc) is 3.73. The molecule has 2 saturated heterocycles. The smallest absolute Gasteiger partial charge is 0.305 e. The van der Waals surface area contributed by atoms with Crippen LogP contribution in [0.3, 0.4) is 0 Å². The van der Waals surface area contributed by atoms with Gasteiger partial charge < -0.3 is 30.2 Å². The summed E-state index contributed by atoms with van der Waals surface area (Å²) in [6, 6.07) is 11.8. The van der Waals surface area contributed by atoms with Crippen LogP contribution in [0.4, 0.5) is 0 Å². The van der Waals surface area contributed by atoms with E-state index >= 15 is 0 Å². The first-order valence-corrected chi connectivity index (χ1v) is 18.4. The van der Waals surface area contributed by atoms with Crippen molar-refractivity contribution in [1.29, 1.82) is 0 Å². The number of piperidine rings is 1. The second-order valence-electron chi connectivity index (χ2n) is 12.8. The normalized spacial score (nSPS) is 17.6. The summed E-state index contributed by atoms with van der Waals surface area (Å²) < 4.78 is 6.94. The van der Waals surface area contributed by atoms with Gasteiger partial charge in [0, 0.05) is 49.6 Å². The molecular weight excluding hydrogens is 635 g/mol. The lowest BCUT2D eigenvalue weighted by molar-refractivity contribution is -0.128. The number of phenolic OH excluding ortho intramolecular Hbond substituents is 1. The van der Waals surface area contributed by atoms with Crippen LogP contribution in [0, 0.1) is 0 Å². The fourth-order valence-electron chi connectivity index (χ4n) is 6.84. The quantitative estimate of drug-likeness (QED) is 0.154. The molecule has 4 heterocycles. The summed E-state index contributed by atoms with van der Waals surface area (Å²) in [7, 11) is 0. The monoisotopic (exact) mass is 679 g/mol. The van der Waals surface area contributed by atoms with E-state index in [0.29, 0.717) is 60.2 Å². The Morgan fingerprint density at radius 1 is 1.15 bits per heavy atom. The summed E-state index contributed by atoms with van der Waals surface area (Å²) in [4.78, 5) is 36.7. The van der Waals surface area contributed by atoms with E-state index in [4.69, 9.17) is 9.72 Å². The number of amides is 1. The lowest BCUT2D eigenvalue weighted by Crippen LogP contribution is -2.58. The maximum absolute atomic E-state index is 13.4. The molecule has 2 aliphatic rings. The number of aromatic nitrogens is 2. The zero-order valence-corrected chi connectivity index (χ0v) is 28.8. The topological polar surface area (TPSA) is 131 Å². The van der Waals surface area contributed by atoms with Crippen LogP contribution in [0.25, 0.3) is 10.2 Å². The lowest BCUT2D eigenvalue weighted by atomic mass is 9.89. The number of ether oxygens (including phenoxy) is 1. The number of carbonyl (C=O) groups is 1. The molecule has 0 saturated carbocycles. The van der Waals surface area contributed by atoms with Gasteiger partial charge in [-0.3, -0.25) is 14.5 Å². The Morgan fingerprint density at radius 3 is 2.72 bits per heavy atom. The Bertz CT molecular complexity index is 1720. The third-order valence-electron chi connectivity index (χ3n) is 9.65. The molecule has 2 fully saturated rings. The number of aliphatic hydroxyl groups excluding tert-OH is 1. The fourth-order valence-corrected chi connectivity index (χ4v) is 8.82. The molecule has 6 rings (SSSR count). The first-order valence-electron chi connectivity index (χ1n) is 16.7. The van der Waals surface area contributed by atoms with Gasteiger partial charge in [-0.1, -0.05) is 55.5 Å². The standard InChI is InChI=1S/C35H45N5O5S2/c1-3-25(4-2)32-37-27(21-46-32)33(43)40-16-17-45-35(22-40)11-14-39(15-12-35)20-24-7-5-6-23(18-24)10-13-36-19-29(42)26-8-9-28(41)30-31(26)47-34(44)38-30/h5-9,18,21,25,29,36,41-42H,3-4,10-17,19-20,22H2,1-2H3,(H,38,44). The minimum atomic E-state index is -0.795. The van der Waals surface area contributed by atoms with Crippen molar-refractivity contribution in [1.82, 2.24) is 25.1 Å². The maximum Gasteiger partial charge on any atom is 0.305 e. The molecular formula is C35H45N5O5S2. The van der Waals surface area contributed by atoms with E-state index in [-0.39, 0.29) is 22.1 Å². The number of rotatable bonds is 12. The van der Waals surface area contributed by atoms with Crippen molar-refractivity contribution in [3.05, 3.63) is 78.8 Å². The first-order chi connectivity index (χ1) is 22.8. The molecule has 0 bridgehead atoms. The highest BCUT2D eigenvalue weighted by Crippen LogP contribution is 2.33. The number of fused-ring (bicyclic) bond motifs is 1. The van der Waals surface area contributed by atoms with Crippen molar-refractivity contribution >= 4 is 38.8 Å². The Balaban J connectivity index is 0.965. The summed E-state index contributed by atoms with van der Waals surface area (Å²) >= 11 is 2.60. The van der Waals surface area contributed by atoms with E-state index in [2.05, 4.69) is 53.3 Å². The van der Waals surface area contributed by atoms with Gasteiger partial charge in [0.25, 0.3) is 5.91 Å². The summed E-state index contributed by atoms with van der Waals surface area (Å²) in [5.74, 6) is 0.453. The van der Waals surface area contributed by atoms with Crippen molar-refractivity contribution in [2.24, 2.45) is 0 Å². The Hall–Kier alpha value is -3.13. The van der Waals surface area contributed by atoms with Crippen LogP contribution in [-0.2, 0) is 17.7 Å². The van der Waals surface area contributed by atoms with E-state index in [1.807, 2.05) is 10.3 Å². The predicted octanol–water partition coefficient (Wildman–Crippen LogP) is 5.03. The van der Waals surface area contributed by atoms with Crippen LogP contribution in [0.1, 0.15) is 83.7 Å². The molecule has 4 aromatic rings. The SMILES string of the molecule is CCC(CC)c1nc(C(=O)N2CCOC3(CCN(Cc4cccc(CCNCC(O)c5ccc(O)c6[nH]c(=O)sc56)c4)CC3)C2)cs1. The number of aliphatic hydroxyl groups is 1. The number of benzene rings is 2. The van der Waals surface area contributed by atoms with Gasteiger partial charge in [-0.2, -0.15) is 0 Å². The zero-order chi connectivity index (χ0) is 33.0. The molecule has 0 aliphatic carbocycles. The largest absolute Gasteiger partial charge is 0.506 e. The number of aromatic amines is 1. The third-order valence-corrected chi connectivity index (χ3v) is 11.6. The fraction of sp³-hybridized carbons (Fsp3) is 0.514. The molecule has 0 radical (unpaired) electrons. The molecule has 2 aromatic carbocycles. The van der Waals surface area contributed by atoms with Gasteiger partial charge in [-0.05, 0) is 55.8 Å². The van der Waals surface area contributed by atoms with Crippen molar-refractivity contribution in [3.63, 3.8) is 0 Å². The average molecular weight is 680 g/mol. The van der Waals surface area contributed by atoms with Gasteiger partial charge in [0.05, 0.1) is 34.6 Å². The van der Waals surface area contributed by atoms with Gasteiger partial charge >= 0.3 is 4.87 Å². The molecule has 2 aromatic heterocycles. The van der Waals surface area contributed by atoms with Gasteiger partial charge in [-0.25, -0.2) is 4.98 Å². The summed E-state index contributed by atoms with van der Waals surface area (Å²) in [6.45, 7) is 9.89. The highest BCUT2D eigenvalue weighted by atomic mass is 32.1. The number of nitrogens with zero attached hydrogens (tertiary/aromatic N) is 3. The minimum Gasteiger partial charge on any atom is -0.506 e. The molecule has 1 unspecified atom stereocenters. The highest BCUT2D eigenvalue weighted by molar-refractivity contribution is 7.16. The van der Waals surface area contributed by atoms with Crippen LogP contribution in [-0.4, -0.2) is 87.4 Å². The number of hydrogen-bond acceptors (Lipinski definition) is 10. The molecule has 1 atom stereocenters. The van der Waals surface area contributed by atoms with Crippen LogP contribution in [0.15, 0.2) is 46.6 Å². The van der Waals surface area contributed by atoms with E-state index in [1.54, 1.807) is 17.4 Å². The molecule has 47 heavy (non-hydrogen) atoms.